The van der Waals surface area contributed by atoms with Crippen LogP contribution in [0.4, 0.5) is 4.79 Å². The number of H-pyrrole nitrogens is 2. The van der Waals surface area contributed by atoms with E-state index in [2.05, 4.69) is 26.7 Å². The van der Waals surface area contributed by atoms with Gasteiger partial charge in [0, 0.05) is 42.5 Å². The van der Waals surface area contributed by atoms with Crippen molar-refractivity contribution in [2.24, 2.45) is 11.8 Å². The fourth-order valence-electron chi connectivity index (χ4n) is 8.32. The van der Waals surface area contributed by atoms with Crippen LogP contribution < -0.4 is 10.6 Å². The van der Waals surface area contributed by atoms with E-state index >= 15 is 0 Å². The fourth-order valence-corrected chi connectivity index (χ4v) is 8.32. The molecular weight excluding hydrogens is 723 g/mol. The van der Waals surface area contributed by atoms with Crippen molar-refractivity contribution in [2.45, 2.75) is 84.4 Å². The predicted molar refractivity (Wildman–Crippen MR) is 218 cm³/mol. The Hall–Kier alpha value is -6.05. The number of likely N-dealkylation sites (tertiary alicyclic amines) is 2. The average molecular weight is 774 g/mol. The van der Waals surface area contributed by atoms with Gasteiger partial charge in [-0.3, -0.25) is 19.4 Å². The van der Waals surface area contributed by atoms with Crippen LogP contribution in [0, 0.1) is 11.8 Å². The summed E-state index contributed by atoms with van der Waals surface area (Å²) in [5, 5.41) is 8.84. The Labute approximate surface area is 332 Å². The molecule has 0 spiro atoms. The van der Waals surface area contributed by atoms with Gasteiger partial charge < -0.3 is 35.1 Å². The topological polar surface area (TPSA) is 178 Å². The monoisotopic (exact) mass is 773 g/mol. The molecular formula is C43H49N9O5. The lowest BCUT2D eigenvalue weighted by molar-refractivity contribution is -0.138. The van der Waals surface area contributed by atoms with Gasteiger partial charge in [0.15, 0.2) is 0 Å². The number of hydrogen-bond donors (Lipinski definition) is 4. The minimum Gasteiger partial charge on any atom is -0.453 e. The van der Waals surface area contributed by atoms with E-state index in [1.165, 1.54) is 14.0 Å². The lowest BCUT2D eigenvalue weighted by Crippen LogP contribution is -2.51. The second-order valence-corrected chi connectivity index (χ2v) is 15.6. The number of benzene rings is 3. The van der Waals surface area contributed by atoms with E-state index in [0.717, 1.165) is 67.7 Å². The van der Waals surface area contributed by atoms with Crippen LogP contribution in [-0.4, -0.2) is 90.8 Å². The van der Waals surface area contributed by atoms with Gasteiger partial charge >= 0.3 is 6.09 Å². The molecule has 5 heterocycles. The van der Waals surface area contributed by atoms with Crippen molar-refractivity contribution >= 4 is 67.4 Å². The number of hydrogen-bond acceptors (Lipinski definition) is 8. The van der Waals surface area contributed by atoms with Crippen molar-refractivity contribution in [2.75, 3.05) is 20.2 Å². The zero-order chi connectivity index (χ0) is 42.0. The third-order valence-corrected chi connectivity index (χ3v) is 11.2. The van der Waals surface area contributed by atoms with E-state index in [4.69, 9.17) is 22.4 Å². The molecule has 2 aliphatic heterocycles. The molecule has 296 valence electrons. The first-order valence-electron chi connectivity index (χ1n) is 20.6. The molecule has 8 rings (SSSR count). The molecule has 6 aromatic rings. The lowest BCUT2D eigenvalue weighted by atomic mass is 10.0. The number of amides is 4. The Bertz CT molecular complexity index is 2660. The van der Waals surface area contributed by atoms with Crippen molar-refractivity contribution in [3.05, 3.63) is 66.4 Å². The van der Waals surface area contributed by atoms with Crippen molar-refractivity contribution in [3.63, 3.8) is 0 Å². The van der Waals surface area contributed by atoms with Gasteiger partial charge in [-0.1, -0.05) is 52.0 Å². The number of imidazole rings is 2. The minimum absolute atomic E-state index is 0.344. The lowest BCUT2D eigenvalue weighted by Gasteiger charge is -2.30. The Morgan fingerprint density at radius 1 is 0.772 bits per heavy atom. The van der Waals surface area contributed by atoms with Crippen LogP contribution in [-0.2, 0) is 19.1 Å². The predicted octanol–water partition coefficient (Wildman–Crippen LogP) is 6.68. The first kappa shape index (κ1) is 35.4. The third-order valence-electron chi connectivity index (χ3n) is 11.2. The number of carbonyl (C=O) groups is 4. The zero-order valence-corrected chi connectivity index (χ0v) is 33.0. The molecule has 2 fully saturated rings. The van der Waals surface area contributed by atoms with E-state index < -0.39 is 53.7 Å². The first-order chi connectivity index (χ1) is 28.1. The average Bonchev–Trinajstić information content (AvgIpc) is 4.04. The number of aromatic amines is 2. The summed E-state index contributed by atoms with van der Waals surface area (Å²) in [7, 11) is 1.21. The first-order valence-corrected chi connectivity index (χ1v) is 19.6. The summed E-state index contributed by atoms with van der Waals surface area (Å²) in [6.45, 7) is 9.21. The standard InChI is InChI=1S/C43H49N9O5/c1-22(2)35(45-24(5)53)41(54)51-17-7-9-33(51)39-46-30-15-12-25-19-27(11-14-28(25)37(30)48-39)32-20-26-13-16-31-38(29(26)21-44-32)49-40(47-31)34-10-8-18-52(34)42(55)36(23(3)4)50-43(56)57-6/h11-16,19-23,33-36H,7-10,17-18H2,1-6H3,(H,45,53)(H,46,48)(H,47,49)(H,50,56)/t33-,34-,35?,36?/m0/s1/i35D,36D. The van der Waals surface area contributed by atoms with E-state index in [1.807, 2.05) is 48.7 Å². The summed E-state index contributed by atoms with van der Waals surface area (Å²) < 4.78 is 22.6. The molecule has 0 saturated carbocycles. The molecule has 0 aliphatic carbocycles. The van der Waals surface area contributed by atoms with Gasteiger partial charge in [0.2, 0.25) is 17.7 Å². The van der Waals surface area contributed by atoms with Crippen LogP contribution in [0.2, 0.25) is 0 Å². The number of methoxy groups -OCH3 is 1. The van der Waals surface area contributed by atoms with E-state index in [-0.39, 0.29) is 6.04 Å². The van der Waals surface area contributed by atoms with Crippen molar-refractivity contribution in [1.82, 2.24) is 45.4 Å². The zero-order valence-electron chi connectivity index (χ0n) is 35.0. The second-order valence-electron chi connectivity index (χ2n) is 15.6. The number of rotatable bonds is 9. The van der Waals surface area contributed by atoms with Crippen LogP contribution in [0.3, 0.4) is 0 Å². The fraction of sp³-hybridized carbons (Fsp3) is 0.419. The van der Waals surface area contributed by atoms with Gasteiger partial charge in [-0.15, -0.1) is 0 Å². The normalized spacial score (nSPS) is 19.9. The molecule has 57 heavy (non-hydrogen) atoms. The highest BCUT2D eigenvalue weighted by molar-refractivity contribution is 6.07. The van der Waals surface area contributed by atoms with Crippen molar-refractivity contribution in [1.29, 1.82) is 0 Å². The molecule has 14 heteroatoms. The number of alkyl carbamates (subject to hydrolysis) is 1. The molecule has 2 unspecified atom stereocenters. The summed E-state index contributed by atoms with van der Waals surface area (Å²) in [5.74, 6) is -1.03. The molecule has 3 aromatic carbocycles. The molecule has 2 aliphatic rings. The molecule has 4 atom stereocenters. The maximum absolute atomic E-state index is 13.8. The number of nitrogens with one attached hydrogen (secondary N) is 4. The van der Waals surface area contributed by atoms with E-state index in [9.17, 15) is 19.2 Å². The molecule has 14 nitrogen and oxygen atoms in total. The summed E-state index contributed by atoms with van der Waals surface area (Å²) in [5.41, 5.74) is 4.89. The van der Waals surface area contributed by atoms with Crippen LogP contribution in [0.25, 0.3) is 54.9 Å². The van der Waals surface area contributed by atoms with Crippen LogP contribution in [0.1, 0.15) is 86.8 Å². The largest absolute Gasteiger partial charge is 0.453 e. The minimum atomic E-state index is -1.90. The smallest absolute Gasteiger partial charge is 0.407 e. The van der Waals surface area contributed by atoms with Crippen LogP contribution in [0.15, 0.2) is 54.7 Å². The van der Waals surface area contributed by atoms with Gasteiger partial charge in [-0.25, -0.2) is 14.8 Å². The Balaban J connectivity index is 1.06. The highest BCUT2D eigenvalue weighted by Crippen LogP contribution is 2.37. The van der Waals surface area contributed by atoms with Crippen molar-refractivity contribution in [3.8, 4) is 11.3 Å². The summed E-state index contributed by atoms with van der Waals surface area (Å²) in [6.07, 6.45) is 3.86. The molecule has 0 radical (unpaired) electrons. The summed E-state index contributed by atoms with van der Waals surface area (Å²) >= 11 is 0. The van der Waals surface area contributed by atoms with E-state index in [0.29, 0.717) is 37.6 Å². The van der Waals surface area contributed by atoms with Gasteiger partial charge in [-0.05, 0) is 72.6 Å². The quantitative estimate of drug-likeness (QED) is 0.126. The van der Waals surface area contributed by atoms with Crippen LogP contribution in [0.5, 0.6) is 0 Å². The number of carbonyl (C=O) groups excluding carboxylic acids is 4. The molecule has 0 bridgehead atoms. The number of pyridine rings is 1. The van der Waals surface area contributed by atoms with Gasteiger partial charge in [0.05, 0.1) is 49.7 Å². The highest BCUT2D eigenvalue weighted by atomic mass is 16.5. The maximum Gasteiger partial charge on any atom is 0.407 e. The summed E-state index contributed by atoms with van der Waals surface area (Å²) in [4.78, 5) is 76.7. The number of aromatic nitrogens is 5. The summed E-state index contributed by atoms with van der Waals surface area (Å²) in [6, 6.07) is 11.8. The number of ether oxygens (including phenoxy) is 1. The van der Waals surface area contributed by atoms with Gasteiger partial charge in [0.1, 0.15) is 23.7 Å². The SMILES string of the molecule is [2H]C(NC(C)=O)(C(=O)N1CCC[C@H]1c1nc2ccc3cc(-c4cc5ccc6nc([C@@H]7CCCN7C(=O)C([2H])(NC(=O)OC)C(C)C)[nH]c6c5cn4)ccc3c2[nH]1)C(C)C. The molecule has 2 saturated heterocycles. The third kappa shape index (κ3) is 7.02. The van der Waals surface area contributed by atoms with E-state index in [1.54, 1.807) is 37.5 Å². The molecule has 4 N–H and O–H groups in total. The van der Waals surface area contributed by atoms with Gasteiger partial charge in [-0.2, -0.15) is 0 Å². The Kier molecular flexibility index (Phi) is 9.39. The highest BCUT2D eigenvalue weighted by Gasteiger charge is 2.39. The Morgan fingerprint density at radius 2 is 1.32 bits per heavy atom. The van der Waals surface area contributed by atoms with Crippen molar-refractivity contribution < 1.29 is 26.7 Å². The second kappa shape index (κ2) is 15.1. The number of fused-ring (bicyclic) bond motifs is 6. The van der Waals surface area contributed by atoms with Gasteiger partial charge in [0.25, 0.3) is 0 Å². The molecule has 4 amide bonds. The number of nitrogens with zero attached hydrogens (tertiary/aromatic N) is 5. The Morgan fingerprint density at radius 3 is 1.86 bits per heavy atom. The van der Waals surface area contributed by atoms with Crippen LogP contribution >= 0.6 is 0 Å². The molecule has 3 aromatic heterocycles. The maximum atomic E-state index is 13.8.